The van der Waals surface area contributed by atoms with Crippen molar-refractivity contribution in [1.29, 1.82) is 0 Å². The quantitative estimate of drug-likeness (QED) is 0.561. The highest BCUT2D eigenvalue weighted by molar-refractivity contribution is 5.87. The van der Waals surface area contributed by atoms with Crippen LogP contribution in [0.2, 0.25) is 0 Å². The van der Waals surface area contributed by atoms with Gasteiger partial charge in [-0.05, 0) is 79.5 Å². The average molecular weight is 350 g/mol. The summed E-state index contributed by atoms with van der Waals surface area (Å²) in [6.45, 7) is 0. The van der Waals surface area contributed by atoms with Crippen molar-refractivity contribution >= 4 is 12.0 Å². The van der Waals surface area contributed by atoms with Crippen molar-refractivity contribution in [2.24, 2.45) is 23.7 Å². The molecule has 0 N–H and O–H groups in total. The first-order valence-corrected chi connectivity index (χ1v) is 8.94. The number of rotatable bonds is 3. The maximum Gasteiger partial charge on any atom is 0.416 e. The fourth-order valence-corrected chi connectivity index (χ4v) is 5.22. The van der Waals surface area contributed by atoms with E-state index in [9.17, 15) is 18.0 Å². The molecule has 0 aromatic heterocycles. The number of hydrogen-bond acceptors (Lipinski definition) is 2. The first-order chi connectivity index (χ1) is 11.9. The molecule has 4 saturated carbocycles. The van der Waals surface area contributed by atoms with E-state index in [1.54, 1.807) is 6.07 Å². The Kier molecular flexibility index (Phi) is 4.13. The molecule has 0 aliphatic heterocycles. The van der Waals surface area contributed by atoms with Crippen molar-refractivity contribution in [3.05, 3.63) is 41.5 Å². The maximum atomic E-state index is 12.7. The van der Waals surface area contributed by atoms with Gasteiger partial charge in [0, 0.05) is 6.08 Å². The molecule has 0 heterocycles. The molecule has 2 nitrogen and oxygen atoms in total. The third kappa shape index (κ3) is 3.46. The van der Waals surface area contributed by atoms with Gasteiger partial charge >= 0.3 is 12.1 Å². The summed E-state index contributed by atoms with van der Waals surface area (Å²) in [5.74, 6) is 2.11. The zero-order chi connectivity index (χ0) is 17.6. The smallest absolute Gasteiger partial charge is 0.416 e. The lowest BCUT2D eigenvalue weighted by Crippen LogP contribution is -2.49. The summed E-state index contributed by atoms with van der Waals surface area (Å²) >= 11 is 0. The first-order valence-electron chi connectivity index (χ1n) is 8.94. The Morgan fingerprint density at radius 1 is 1.04 bits per heavy atom. The Bertz CT molecular complexity index is 664. The second-order valence-electron chi connectivity index (χ2n) is 7.79. The van der Waals surface area contributed by atoms with E-state index in [2.05, 4.69) is 0 Å². The highest BCUT2D eigenvalue weighted by atomic mass is 19.4. The largest absolute Gasteiger partial charge is 0.459 e. The summed E-state index contributed by atoms with van der Waals surface area (Å²) in [5, 5.41) is 0. The summed E-state index contributed by atoms with van der Waals surface area (Å²) in [7, 11) is 0. The SMILES string of the molecule is O=C(/C=C/c1cccc(C(F)(F)F)c1)OC1C2CC3CC(C2)CC1C3. The average Bonchev–Trinajstić information content (AvgIpc) is 2.55. The van der Waals surface area contributed by atoms with Gasteiger partial charge in [0.05, 0.1) is 5.56 Å². The normalized spacial score (nSPS) is 33.8. The predicted octanol–water partition coefficient (Wildman–Crippen LogP) is 5.09. The summed E-state index contributed by atoms with van der Waals surface area (Å²) in [4.78, 5) is 12.2. The fraction of sp³-hybridized carbons (Fsp3) is 0.550. The molecule has 0 amide bonds. The molecule has 0 atom stereocenters. The van der Waals surface area contributed by atoms with E-state index in [4.69, 9.17) is 4.74 Å². The summed E-state index contributed by atoms with van der Waals surface area (Å²) in [6, 6.07) is 4.93. The minimum absolute atomic E-state index is 0.00791. The first kappa shape index (κ1) is 16.7. The predicted molar refractivity (Wildman–Crippen MR) is 87.4 cm³/mol. The van der Waals surface area contributed by atoms with E-state index in [1.165, 1.54) is 24.6 Å². The second-order valence-corrected chi connectivity index (χ2v) is 7.79. The number of carbonyl (C=O) groups excluding carboxylic acids is 1. The minimum Gasteiger partial charge on any atom is -0.459 e. The lowest BCUT2D eigenvalue weighted by Gasteiger charge is -2.53. The van der Waals surface area contributed by atoms with Crippen molar-refractivity contribution in [1.82, 2.24) is 0 Å². The Morgan fingerprint density at radius 2 is 1.68 bits per heavy atom. The molecule has 0 radical (unpaired) electrons. The molecule has 0 saturated heterocycles. The zero-order valence-electron chi connectivity index (χ0n) is 13.8. The van der Waals surface area contributed by atoms with Gasteiger partial charge in [0.25, 0.3) is 0 Å². The third-order valence-corrected chi connectivity index (χ3v) is 6.02. The molecule has 1 aromatic carbocycles. The van der Waals surface area contributed by atoms with Gasteiger partial charge in [-0.25, -0.2) is 4.79 Å². The molecule has 4 aliphatic rings. The summed E-state index contributed by atoms with van der Waals surface area (Å²) < 4.78 is 43.9. The van der Waals surface area contributed by atoms with Gasteiger partial charge in [0.2, 0.25) is 0 Å². The molecular formula is C20H21F3O2. The lowest BCUT2D eigenvalue weighted by atomic mass is 9.55. The molecule has 5 heteroatoms. The molecular weight excluding hydrogens is 329 g/mol. The van der Waals surface area contributed by atoms with E-state index in [1.807, 2.05) is 0 Å². The van der Waals surface area contributed by atoms with Crippen LogP contribution in [-0.2, 0) is 15.7 Å². The van der Waals surface area contributed by atoms with E-state index in [0.717, 1.165) is 49.7 Å². The van der Waals surface area contributed by atoms with Crippen LogP contribution in [0.1, 0.15) is 43.2 Å². The van der Waals surface area contributed by atoms with Crippen LogP contribution in [-0.4, -0.2) is 12.1 Å². The van der Waals surface area contributed by atoms with Crippen molar-refractivity contribution in [3.8, 4) is 0 Å². The number of halogens is 3. The van der Waals surface area contributed by atoms with E-state index >= 15 is 0 Å². The van der Waals surface area contributed by atoms with Crippen LogP contribution < -0.4 is 0 Å². The van der Waals surface area contributed by atoms with Crippen LogP contribution in [0.25, 0.3) is 6.08 Å². The number of carbonyl (C=O) groups is 1. The number of alkyl halides is 3. The Labute approximate surface area is 145 Å². The second kappa shape index (κ2) is 6.19. The van der Waals surface area contributed by atoms with E-state index in [-0.39, 0.29) is 6.10 Å². The van der Waals surface area contributed by atoms with Gasteiger partial charge in [0.15, 0.2) is 0 Å². The van der Waals surface area contributed by atoms with Crippen LogP contribution in [0.5, 0.6) is 0 Å². The zero-order valence-corrected chi connectivity index (χ0v) is 13.8. The topological polar surface area (TPSA) is 26.3 Å². The van der Waals surface area contributed by atoms with Gasteiger partial charge in [-0.2, -0.15) is 13.2 Å². The number of hydrogen-bond donors (Lipinski definition) is 0. The molecule has 4 aliphatic carbocycles. The maximum absolute atomic E-state index is 12.7. The van der Waals surface area contributed by atoms with Gasteiger partial charge in [0.1, 0.15) is 6.10 Å². The van der Waals surface area contributed by atoms with Gasteiger partial charge in [-0.1, -0.05) is 12.1 Å². The Morgan fingerprint density at radius 3 is 2.28 bits per heavy atom. The molecule has 0 spiro atoms. The lowest BCUT2D eigenvalue weighted by molar-refractivity contribution is -0.164. The van der Waals surface area contributed by atoms with Crippen molar-refractivity contribution in [3.63, 3.8) is 0 Å². The van der Waals surface area contributed by atoms with Gasteiger partial charge in [-0.15, -0.1) is 0 Å². The van der Waals surface area contributed by atoms with Gasteiger partial charge in [-0.3, -0.25) is 0 Å². The molecule has 4 fully saturated rings. The highest BCUT2D eigenvalue weighted by Crippen LogP contribution is 2.54. The standard InChI is InChI=1S/C20H21F3O2/c21-20(22,23)17-3-1-2-12(11-17)4-5-18(24)25-19-15-7-13-6-14(9-15)10-16(19)8-13/h1-5,11,13-16,19H,6-10H2/b5-4+. The van der Waals surface area contributed by atoms with Crippen LogP contribution >= 0.6 is 0 Å². The number of ether oxygens (including phenoxy) is 1. The molecule has 1 aromatic rings. The molecule has 0 unspecified atom stereocenters. The van der Waals surface area contributed by atoms with Crippen LogP contribution in [0.15, 0.2) is 30.3 Å². The number of esters is 1. The highest BCUT2D eigenvalue weighted by Gasteiger charge is 2.49. The van der Waals surface area contributed by atoms with Crippen molar-refractivity contribution < 1.29 is 22.7 Å². The molecule has 5 rings (SSSR count). The van der Waals surface area contributed by atoms with Crippen LogP contribution in [0, 0.1) is 23.7 Å². The number of benzene rings is 1. The van der Waals surface area contributed by atoms with Crippen molar-refractivity contribution in [2.45, 2.75) is 44.4 Å². The van der Waals surface area contributed by atoms with Gasteiger partial charge < -0.3 is 4.74 Å². The molecule has 134 valence electrons. The Balaban J connectivity index is 1.40. The Hall–Kier alpha value is -1.78. The van der Waals surface area contributed by atoms with Crippen LogP contribution in [0.4, 0.5) is 13.2 Å². The monoisotopic (exact) mass is 350 g/mol. The molecule has 4 bridgehead atoms. The van der Waals surface area contributed by atoms with Crippen molar-refractivity contribution in [2.75, 3.05) is 0 Å². The minimum atomic E-state index is -4.38. The molecule has 25 heavy (non-hydrogen) atoms. The van der Waals surface area contributed by atoms with E-state index < -0.39 is 17.7 Å². The summed E-state index contributed by atoms with van der Waals surface area (Å²) in [6.07, 6.45) is 4.21. The fourth-order valence-electron chi connectivity index (χ4n) is 5.22. The third-order valence-electron chi connectivity index (χ3n) is 6.02. The summed E-state index contributed by atoms with van der Waals surface area (Å²) in [5.41, 5.74) is -0.374. The van der Waals surface area contributed by atoms with E-state index in [0.29, 0.717) is 17.4 Å². The van der Waals surface area contributed by atoms with Crippen LogP contribution in [0.3, 0.4) is 0 Å².